The SMILES string of the molecule is CCCCO[Si](CCCCCN)(OCCCC)OCCCC. The molecule has 5 heteroatoms. The molecule has 0 spiro atoms. The topological polar surface area (TPSA) is 53.7 Å². The maximum absolute atomic E-state index is 6.21. The summed E-state index contributed by atoms with van der Waals surface area (Å²) in [6, 6.07) is 0.935. The fraction of sp³-hybridized carbons (Fsp3) is 1.00. The molecule has 0 radical (unpaired) electrons. The molecule has 2 N–H and O–H groups in total. The summed E-state index contributed by atoms with van der Waals surface area (Å²) in [6.07, 6.45) is 9.95. The summed E-state index contributed by atoms with van der Waals surface area (Å²) < 4.78 is 18.6. The summed E-state index contributed by atoms with van der Waals surface area (Å²) in [5.41, 5.74) is 5.59. The Morgan fingerprint density at radius 2 is 1.09 bits per heavy atom. The maximum Gasteiger partial charge on any atom is 0.500 e. The first-order valence-corrected chi connectivity index (χ1v) is 11.3. The molecule has 0 aromatic heterocycles. The van der Waals surface area contributed by atoms with Crippen LogP contribution in [-0.4, -0.2) is 35.2 Å². The van der Waals surface area contributed by atoms with Crippen molar-refractivity contribution in [1.29, 1.82) is 0 Å². The summed E-state index contributed by atoms with van der Waals surface area (Å²) >= 11 is 0. The van der Waals surface area contributed by atoms with E-state index in [-0.39, 0.29) is 0 Å². The third-order valence-corrected chi connectivity index (χ3v) is 6.54. The van der Waals surface area contributed by atoms with E-state index in [2.05, 4.69) is 20.8 Å². The highest BCUT2D eigenvalue weighted by Gasteiger charge is 2.40. The molecule has 0 unspecified atom stereocenters. The van der Waals surface area contributed by atoms with Gasteiger partial charge in [0.05, 0.1) is 0 Å². The molecule has 4 nitrogen and oxygen atoms in total. The zero-order valence-corrected chi connectivity index (χ0v) is 16.2. The monoisotopic (exact) mass is 333 g/mol. The molecule has 0 aliphatic heterocycles. The van der Waals surface area contributed by atoms with Gasteiger partial charge in [-0.25, -0.2) is 0 Å². The number of nitrogens with two attached hydrogens (primary N) is 1. The fourth-order valence-corrected chi connectivity index (χ4v) is 4.85. The molecule has 0 aromatic carbocycles. The molecule has 0 aliphatic rings. The maximum atomic E-state index is 6.21. The van der Waals surface area contributed by atoms with Crippen molar-refractivity contribution >= 4 is 8.80 Å². The predicted octanol–water partition coefficient (Wildman–Crippen LogP) is 4.50. The molecule has 22 heavy (non-hydrogen) atoms. The average molecular weight is 334 g/mol. The molecule has 134 valence electrons. The van der Waals surface area contributed by atoms with Crippen molar-refractivity contribution in [3.63, 3.8) is 0 Å². The van der Waals surface area contributed by atoms with Crippen LogP contribution in [0.25, 0.3) is 0 Å². The van der Waals surface area contributed by atoms with Crippen LogP contribution >= 0.6 is 0 Å². The van der Waals surface area contributed by atoms with Gasteiger partial charge >= 0.3 is 8.80 Å². The molecule has 0 amide bonds. The van der Waals surface area contributed by atoms with Gasteiger partial charge in [0, 0.05) is 25.9 Å². The zero-order chi connectivity index (χ0) is 16.5. The van der Waals surface area contributed by atoms with E-state index < -0.39 is 8.80 Å². The Bertz CT molecular complexity index is 203. The molecule has 0 rings (SSSR count). The Morgan fingerprint density at radius 1 is 0.636 bits per heavy atom. The van der Waals surface area contributed by atoms with Gasteiger partial charge in [-0.2, -0.15) is 0 Å². The molecule has 0 bridgehead atoms. The van der Waals surface area contributed by atoms with Crippen molar-refractivity contribution in [3.05, 3.63) is 0 Å². The first-order valence-electron chi connectivity index (χ1n) is 9.36. The molecule has 0 aromatic rings. The molecule has 0 atom stereocenters. The Hall–Kier alpha value is 0.0569. The summed E-state index contributed by atoms with van der Waals surface area (Å²) in [6.45, 7) is 9.60. The first kappa shape index (κ1) is 22.1. The van der Waals surface area contributed by atoms with Crippen molar-refractivity contribution in [2.75, 3.05) is 26.4 Å². The molecule has 0 saturated heterocycles. The molecular formula is C17H39NO3Si. The van der Waals surface area contributed by atoms with Crippen molar-refractivity contribution in [2.45, 2.75) is 84.6 Å². The van der Waals surface area contributed by atoms with Gasteiger partial charge in [-0.1, -0.05) is 46.5 Å². The van der Waals surface area contributed by atoms with Crippen LogP contribution in [0, 0.1) is 0 Å². The Kier molecular flexibility index (Phi) is 16.0. The minimum Gasteiger partial charge on any atom is -0.373 e. The number of hydrogen-bond donors (Lipinski definition) is 1. The summed E-state index contributed by atoms with van der Waals surface area (Å²) in [5.74, 6) is 0. The summed E-state index contributed by atoms with van der Waals surface area (Å²) in [5, 5.41) is 0. The van der Waals surface area contributed by atoms with Gasteiger partial charge in [0.1, 0.15) is 0 Å². The van der Waals surface area contributed by atoms with Crippen LogP contribution in [0.5, 0.6) is 0 Å². The van der Waals surface area contributed by atoms with E-state index in [0.29, 0.717) is 0 Å². The van der Waals surface area contributed by atoms with E-state index in [4.69, 9.17) is 19.0 Å². The predicted molar refractivity (Wildman–Crippen MR) is 96.0 cm³/mol. The quantitative estimate of drug-likeness (QED) is 0.314. The number of rotatable bonds is 17. The van der Waals surface area contributed by atoms with E-state index in [1.165, 1.54) is 0 Å². The van der Waals surface area contributed by atoms with Crippen molar-refractivity contribution in [3.8, 4) is 0 Å². The highest BCUT2D eigenvalue weighted by molar-refractivity contribution is 6.60. The van der Waals surface area contributed by atoms with E-state index in [9.17, 15) is 0 Å². The van der Waals surface area contributed by atoms with Crippen LogP contribution in [0.3, 0.4) is 0 Å². The minimum atomic E-state index is -2.50. The molecule has 0 saturated carbocycles. The van der Waals surface area contributed by atoms with Gasteiger partial charge in [-0.15, -0.1) is 0 Å². The van der Waals surface area contributed by atoms with E-state index in [0.717, 1.165) is 90.2 Å². The van der Waals surface area contributed by atoms with Crippen molar-refractivity contribution < 1.29 is 13.3 Å². The smallest absolute Gasteiger partial charge is 0.373 e. The second kappa shape index (κ2) is 15.9. The van der Waals surface area contributed by atoms with Gasteiger partial charge < -0.3 is 19.0 Å². The Labute approximate surface area is 139 Å². The lowest BCUT2D eigenvalue weighted by atomic mass is 10.2. The second-order valence-electron chi connectivity index (χ2n) is 5.89. The zero-order valence-electron chi connectivity index (χ0n) is 15.2. The number of hydrogen-bond acceptors (Lipinski definition) is 4. The largest absolute Gasteiger partial charge is 0.500 e. The van der Waals surface area contributed by atoms with Gasteiger partial charge in [0.25, 0.3) is 0 Å². The highest BCUT2D eigenvalue weighted by Crippen LogP contribution is 2.21. The lowest BCUT2D eigenvalue weighted by Gasteiger charge is -2.30. The van der Waals surface area contributed by atoms with Crippen molar-refractivity contribution in [1.82, 2.24) is 0 Å². The van der Waals surface area contributed by atoms with Crippen LogP contribution in [0.4, 0.5) is 0 Å². The van der Waals surface area contributed by atoms with Crippen LogP contribution in [0.2, 0.25) is 6.04 Å². The Balaban J connectivity index is 4.53. The van der Waals surface area contributed by atoms with Gasteiger partial charge in [0.15, 0.2) is 0 Å². The van der Waals surface area contributed by atoms with Gasteiger partial charge in [-0.05, 0) is 38.6 Å². The second-order valence-corrected chi connectivity index (χ2v) is 8.62. The normalized spacial score (nSPS) is 12.0. The van der Waals surface area contributed by atoms with E-state index in [1.54, 1.807) is 0 Å². The van der Waals surface area contributed by atoms with Crippen molar-refractivity contribution in [2.24, 2.45) is 5.73 Å². The van der Waals surface area contributed by atoms with Crippen LogP contribution in [0.15, 0.2) is 0 Å². The first-order chi connectivity index (χ1) is 10.7. The van der Waals surface area contributed by atoms with Crippen LogP contribution < -0.4 is 5.73 Å². The molecule has 0 fully saturated rings. The van der Waals surface area contributed by atoms with Crippen LogP contribution in [0.1, 0.15) is 78.6 Å². The average Bonchev–Trinajstić information content (AvgIpc) is 2.52. The number of unbranched alkanes of at least 4 members (excludes halogenated alkanes) is 5. The fourth-order valence-electron chi connectivity index (χ4n) is 2.12. The third kappa shape index (κ3) is 11.6. The highest BCUT2D eigenvalue weighted by atomic mass is 28.4. The third-order valence-electron chi connectivity index (χ3n) is 3.65. The lowest BCUT2D eigenvalue weighted by molar-refractivity contribution is 0.0557. The van der Waals surface area contributed by atoms with Gasteiger partial charge in [0.2, 0.25) is 0 Å². The van der Waals surface area contributed by atoms with E-state index in [1.807, 2.05) is 0 Å². The Morgan fingerprint density at radius 3 is 1.45 bits per heavy atom. The molecule has 0 heterocycles. The standard InChI is InChI=1S/C17H39NO3Si/c1-4-7-14-19-22(20-15-8-5-2,21-16-9-6-3)17-12-10-11-13-18/h4-18H2,1-3H3. The summed E-state index contributed by atoms with van der Waals surface area (Å²) in [4.78, 5) is 0. The molecular weight excluding hydrogens is 294 g/mol. The van der Waals surface area contributed by atoms with Gasteiger partial charge in [-0.3, -0.25) is 0 Å². The summed E-state index contributed by atoms with van der Waals surface area (Å²) in [7, 11) is -2.50. The lowest BCUT2D eigenvalue weighted by Crippen LogP contribution is -2.46. The molecule has 0 aliphatic carbocycles. The minimum absolute atomic E-state index is 0.762. The van der Waals surface area contributed by atoms with E-state index >= 15 is 0 Å². The van der Waals surface area contributed by atoms with Crippen LogP contribution in [-0.2, 0) is 13.3 Å².